The minimum absolute atomic E-state index is 0.202. The third kappa shape index (κ3) is 7.07. The van der Waals surface area contributed by atoms with Crippen molar-refractivity contribution in [2.24, 2.45) is 0 Å². The molecule has 19 heavy (non-hydrogen) atoms. The van der Waals surface area contributed by atoms with Crippen LogP contribution in [0, 0.1) is 0 Å². The largest absolute Gasteiger partial charge is 0.480 e. The molecular weight excluding hydrogens is 254 g/mol. The van der Waals surface area contributed by atoms with Gasteiger partial charge in [-0.3, -0.25) is 4.79 Å². The summed E-state index contributed by atoms with van der Waals surface area (Å²) in [4.78, 5) is 33.2. The molecule has 0 saturated heterocycles. The maximum absolute atomic E-state index is 11.4. The summed E-state index contributed by atoms with van der Waals surface area (Å²) in [5.41, 5.74) is 0.330. The van der Waals surface area contributed by atoms with E-state index in [9.17, 15) is 14.4 Å². The van der Waals surface area contributed by atoms with Crippen LogP contribution in [0.1, 0.15) is 27.7 Å². The molecule has 0 heterocycles. The lowest BCUT2D eigenvalue weighted by atomic mass is 10.3. The third-order valence-electron chi connectivity index (χ3n) is 2.06. The van der Waals surface area contributed by atoms with E-state index in [2.05, 4.69) is 10.1 Å². The topological polar surface area (TPSA) is 102 Å². The van der Waals surface area contributed by atoms with Crippen molar-refractivity contribution in [3.8, 4) is 0 Å². The summed E-state index contributed by atoms with van der Waals surface area (Å²) in [6.07, 6.45) is 0.0724. The zero-order valence-corrected chi connectivity index (χ0v) is 11.4. The number of carboxylic acid groups (broad SMARTS) is 1. The first-order valence-electron chi connectivity index (χ1n) is 5.82. The van der Waals surface area contributed by atoms with Gasteiger partial charge < -0.3 is 19.9 Å². The second kappa shape index (κ2) is 8.12. The highest BCUT2D eigenvalue weighted by Gasteiger charge is 2.18. The average Bonchev–Trinajstić information content (AvgIpc) is 2.28. The van der Waals surface area contributed by atoms with E-state index in [1.807, 2.05) is 0 Å². The molecule has 2 N–H and O–H groups in total. The summed E-state index contributed by atoms with van der Waals surface area (Å²) in [6.45, 7) is 6.20. The van der Waals surface area contributed by atoms with Crippen LogP contribution in [-0.4, -0.2) is 41.8 Å². The summed E-state index contributed by atoms with van der Waals surface area (Å²) >= 11 is 0. The SMILES string of the molecule is CCOC(=O)C(C)OC(=O)C=C(C)NC(C)C(=O)O. The van der Waals surface area contributed by atoms with Crippen molar-refractivity contribution in [1.82, 2.24) is 5.32 Å². The molecule has 0 rings (SSSR count). The van der Waals surface area contributed by atoms with Gasteiger partial charge in [0, 0.05) is 11.8 Å². The second-order valence-electron chi connectivity index (χ2n) is 3.86. The van der Waals surface area contributed by atoms with Gasteiger partial charge in [0.15, 0.2) is 6.10 Å². The molecule has 0 saturated carbocycles. The van der Waals surface area contributed by atoms with Gasteiger partial charge in [0.25, 0.3) is 0 Å². The molecule has 108 valence electrons. The molecule has 0 radical (unpaired) electrons. The number of carbonyl (C=O) groups excluding carboxylic acids is 2. The van der Waals surface area contributed by atoms with Crippen molar-refractivity contribution in [3.63, 3.8) is 0 Å². The monoisotopic (exact) mass is 273 g/mol. The molecule has 7 nitrogen and oxygen atoms in total. The molecule has 0 aromatic rings. The smallest absolute Gasteiger partial charge is 0.347 e. The van der Waals surface area contributed by atoms with E-state index in [-0.39, 0.29) is 6.61 Å². The van der Waals surface area contributed by atoms with Gasteiger partial charge in [-0.2, -0.15) is 0 Å². The Kier molecular flexibility index (Phi) is 7.25. The minimum Gasteiger partial charge on any atom is -0.480 e. The number of carbonyl (C=O) groups is 3. The predicted molar refractivity (Wildman–Crippen MR) is 66.2 cm³/mol. The van der Waals surface area contributed by atoms with Crippen LogP contribution in [0.3, 0.4) is 0 Å². The Bertz CT molecular complexity index is 376. The summed E-state index contributed by atoms with van der Waals surface area (Å²) < 4.78 is 9.48. The number of allylic oxidation sites excluding steroid dienone is 1. The Morgan fingerprint density at radius 3 is 2.37 bits per heavy atom. The molecule has 2 atom stereocenters. The van der Waals surface area contributed by atoms with Crippen LogP contribution in [0.4, 0.5) is 0 Å². The summed E-state index contributed by atoms with van der Waals surface area (Å²) in [7, 11) is 0. The summed E-state index contributed by atoms with van der Waals surface area (Å²) in [5.74, 6) is -2.42. The number of esters is 2. The van der Waals surface area contributed by atoms with E-state index in [0.29, 0.717) is 5.70 Å². The van der Waals surface area contributed by atoms with Crippen LogP contribution >= 0.6 is 0 Å². The zero-order valence-electron chi connectivity index (χ0n) is 11.4. The lowest BCUT2D eigenvalue weighted by Gasteiger charge is -2.12. The number of carboxylic acids is 1. The van der Waals surface area contributed by atoms with E-state index >= 15 is 0 Å². The standard InChI is InChI=1S/C12H19NO6/c1-5-18-12(17)9(4)19-10(14)6-7(2)13-8(3)11(15)16/h6,8-9,13H,5H2,1-4H3,(H,15,16). The average molecular weight is 273 g/mol. The summed E-state index contributed by atoms with van der Waals surface area (Å²) in [6, 6.07) is -0.827. The van der Waals surface area contributed by atoms with Gasteiger partial charge in [0.2, 0.25) is 0 Å². The van der Waals surface area contributed by atoms with Gasteiger partial charge in [0.1, 0.15) is 6.04 Å². The molecule has 0 aliphatic rings. The van der Waals surface area contributed by atoms with Gasteiger partial charge in [-0.25, -0.2) is 9.59 Å². The summed E-state index contributed by atoms with van der Waals surface area (Å²) in [5, 5.41) is 11.3. The Labute approximate surface area is 111 Å². The first-order chi connectivity index (χ1) is 8.77. The van der Waals surface area contributed by atoms with Crippen LogP contribution in [0.2, 0.25) is 0 Å². The maximum Gasteiger partial charge on any atom is 0.347 e. The molecule has 7 heteroatoms. The van der Waals surface area contributed by atoms with E-state index < -0.39 is 30.1 Å². The van der Waals surface area contributed by atoms with Crippen molar-refractivity contribution in [3.05, 3.63) is 11.8 Å². The third-order valence-corrected chi connectivity index (χ3v) is 2.06. The van der Waals surface area contributed by atoms with E-state index in [0.717, 1.165) is 6.08 Å². The molecular formula is C12H19NO6. The number of hydrogen-bond acceptors (Lipinski definition) is 6. The molecule has 0 aromatic heterocycles. The molecule has 0 amide bonds. The highest BCUT2D eigenvalue weighted by molar-refractivity contribution is 5.86. The predicted octanol–water partition coefficient (Wildman–Crippen LogP) is 0.448. The molecule has 0 aliphatic carbocycles. The van der Waals surface area contributed by atoms with Crippen molar-refractivity contribution >= 4 is 17.9 Å². The van der Waals surface area contributed by atoms with E-state index in [1.54, 1.807) is 6.92 Å². The maximum atomic E-state index is 11.4. The van der Waals surface area contributed by atoms with Gasteiger partial charge >= 0.3 is 17.9 Å². The highest BCUT2D eigenvalue weighted by Crippen LogP contribution is 1.99. The van der Waals surface area contributed by atoms with Gasteiger partial charge in [-0.15, -0.1) is 0 Å². The molecule has 0 aromatic carbocycles. The number of rotatable bonds is 7. The second-order valence-corrected chi connectivity index (χ2v) is 3.86. The van der Waals surface area contributed by atoms with Gasteiger partial charge in [-0.1, -0.05) is 0 Å². The van der Waals surface area contributed by atoms with Crippen molar-refractivity contribution in [2.45, 2.75) is 39.8 Å². The van der Waals surface area contributed by atoms with Gasteiger partial charge in [0.05, 0.1) is 6.61 Å². The van der Waals surface area contributed by atoms with E-state index in [1.165, 1.54) is 20.8 Å². The molecule has 0 spiro atoms. The lowest BCUT2D eigenvalue weighted by molar-refractivity contribution is -0.163. The normalized spacial score (nSPS) is 14.2. The van der Waals surface area contributed by atoms with Crippen LogP contribution in [0.25, 0.3) is 0 Å². The zero-order chi connectivity index (χ0) is 15.0. The van der Waals surface area contributed by atoms with Crippen molar-refractivity contribution in [2.75, 3.05) is 6.61 Å². The minimum atomic E-state index is -1.04. The van der Waals surface area contributed by atoms with Crippen molar-refractivity contribution in [1.29, 1.82) is 0 Å². The number of aliphatic carboxylic acids is 1. The number of nitrogens with one attached hydrogen (secondary N) is 1. The van der Waals surface area contributed by atoms with Crippen LogP contribution < -0.4 is 5.32 Å². The van der Waals surface area contributed by atoms with Crippen LogP contribution in [-0.2, 0) is 23.9 Å². The Hall–Kier alpha value is -2.05. The molecule has 2 unspecified atom stereocenters. The fraction of sp³-hybridized carbons (Fsp3) is 0.583. The van der Waals surface area contributed by atoms with Crippen molar-refractivity contribution < 1.29 is 29.0 Å². The number of hydrogen-bond donors (Lipinski definition) is 2. The lowest BCUT2D eigenvalue weighted by Crippen LogP contribution is -2.33. The first kappa shape index (κ1) is 16.9. The quantitative estimate of drug-likeness (QED) is 0.512. The fourth-order valence-corrected chi connectivity index (χ4v) is 1.14. The fourth-order valence-electron chi connectivity index (χ4n) is 1.14. The van der Waals surface area contributed by atoms with Crippen LogP contribution in [0.5, 0.6) is 0 Å². The Balaban J connectivity index is 4.36. The Morgan fingerprint density at radius 2 is 1.89 bits per heavy atom. The molecule has 0 fully saturated rings. The van der Waals surface area contributed by atoms with Gasteiger partial charge in [-0.05, 0) is 27.7 Å². The van der Waals surface area contributed by atoms with Crippen LogP contribution in [0.15, 0.2) is 11.8 Å². The first-order valence-corrected chi connectivity index (χ1v) is 5.82. The molecule has 0 bridgehead atoms. The Morgan fingerprint density at radius 1 is 1.32 bits per heavy atom. The van der Waals surface area contributed by atoms with E-state index in [4.69, 9.17) is 9.84 Å². The number of ether oxygens (including phenoxy) is 2. The highest BCUT2D eigenvalue weighted by atomic mass is 16.6. The molecule has 0 aliphatic heterocycles.